The average Bonchev–Trinajstić information content (AvgIpc) is 2.25. The molecule has 0 heterocycles. The summed E-state index contributed by atoms with van der Waals surface area (Å²) in [5, 5.41) is 9.49. The molecule has 1 N–H and O–H groups in total. The van der Waals surface area contributed by atoms with Crippen LogP contribution in [-0.4, -0.2) is 11.2 Å². The van der Waals surface area contributed by atoms with E-state index in [-0.39, 0.29) is 12.0 Å². The van der Waals surface area contributed by atoms with E-state index in [2.05, 4.69) is 4.85 Å². The van der Waals surface area contributed by atoms with Gasteiger partial charge in [-0.2, -0.15) is 0 Å². The fourth-order valence-corrected chi connectivity index (χ4v) is 1.72. The molecule has 0 aromatic heterocycles. The normalized spacial score (nSPS) is 14.2. The van der Waals surface area contributed by atoms with Crippen LogP contribution in [-0.2, 0) is 6.42 Å². The second-order valence-electron chi connectivity index (χ2n) is 4.53. The SMILES string of the molecule is [C-]#[N+]c1ccc(C[C@@H](C)[C@H](C)O)c(C)c1C. The van der Waals surface area contributed by atoms with Gasteiger partial charge in [0.2, 0.25) is 0 Å². The second-order valence-corrected chi connectivity index (χ2v) is 4.53. The van der Waals surface area contributed by atoms with Crippen molar-refractivity contribution in [3.63, 3.8) is 0 Å². The molecule has 1 aromatic carbocycles. The zero-order valence-corrected chi connectivity index (χ0v) is 10.4. The third kappa shape index (κ3) is 2.62. The minimum Gasteiger partial charge on any atom is -0.393 e. The van der Waals surface area contributed by atoms with Gasteiger partial charge >= 0.3 is 0 Å². The van der Waals surface area contributed by atoms with Crippen LogP contribution >= 0.6 is 0 Å². The largest absolute Gasteiger partial charge is 0.393 e. The summed E-state index contributed by atoms with van der Waals surface area (Å²) in [7, 11) is 0. The van der Waals surface area contributed by atoms with E-state index in [1.54, 1.807) is 0 Å². The number of nitrogens with zero attached hydrogens (tertiary/aromatic N) is 1. The first-order chi connectivity index (χ1) is 7.47. The number of rotatable bonds is 3. The lowest BCUT2D eigenvalue weighted by Gasteiger charge is -2.17. The van der Waals surface area contributed by atoms with Crippen LogP contribution in [0.15, 0.2) is 12.1 Å². The van der Waals surface area contributed by atoms with Crippen LogP contribution in [0.1, 0.15) is 30.5 Å². The maximum atomic E-state index is 9.49. The van der Waals surface area contributed by atoms with Crippen LogP contribution in [0.3, 0.4) is 0 Å². The first-order valence-corrected chi connectivity index (χ1v) is 5.62. The number of hydrogen-bond acceptors (Lipinski definition) is 1. The molecule has 0 fully saturated rings. The summed E-state index contributed by atoms with van der Waals surface area (Å²) in [6, 6.07) is 3.88. The average molecular weight is 217 g/mol. The molecule has 86 valence electrons. The molecule has 2 nitrogen and oxygen atoms in total. The van der Waals surface area contributed by atoms with Crippen molar-refractivity contribution in [3.05, 3.63) is 40.2 Å². The monoisotopic (exact) mass is 217 g/mol. The van der Waals surface area contributed by atoms with Gasteiger partial charge in [0.25, 0.3) is 0 Å². The molecule has 1 aromatic rings. The van der Waals surface area contributed by atoms with Crippen LogP contribution in [0.4, 0.5) is 5.69 Å². The fraction of sp³-hybridized carbons (Fsp3) is 0.500. The van der Waals surface area contributed by atoms with Crippen LogP contribution < -0.4 is 0 Å². The van der Waals surface area contributed by atoms with E-state index in [0.717, 1.165) is 17.7 Å². The van der Waals surface area contributed by atoms with Crippen molar-refractivity contribution in [1.29, 1.82) is 0 Å². The molecule has 0 bridgehead atoms. The van der Waals surface area contributed by atoms with Gasteiger partial charge in [0, 0.05) is 0 Å². The lowest BCUT2D eigenvalue weighted by molar-refractivity contribution is 0.135. The summed E-state index contributed by atoms with van der Waals surface area (Å²) >= 11 is 0. The summed E-state index contributed by atoms with van der Waals surface area (Å²) in [6.45, 7) is 14.9. The standard InChI is InChI=1S/C14H19NO/c1-9(12(4)16)8-13-6-7-14(15-5)11(3)10(13)2/h6-7,9,12,16H,8H2,1-4H3/t9-,12+/m1/s1. The molecule has 0 saturated carbocycles. The molecule has 2 heteroatoms. The summed E-state index contributed by atoms with van der Waals surface area (Å²) in [5.41, 5.74) is 4.20. The number of aliphatic hydroxyl groups is 1. The van der Waals surface area contributed by atoms with E-state index in [4.69, 9.17) is 6.57 Å². The Balaban J connectivity index is 3.00. The summed E-state index contributed by atoms with van der Waals surface area (Å²) in [5.74, 6) is 0.247. The Morgan fingerprint density at radius 3 is 2.38 bits per heavy atom. The Hall–Kier alpha value is -1.33. The van der Waals surface area contributed by atoms with Gasteiger partial charge in [0.1, 0.15) is 0 Å². The molecule has 0 aliphatic heterocycles. The predicted molar refractivity (Wildman–Crippen MR) is 66.7 cm³/mol. The third-order valence-corrected chi connectivity index (χ3v) is 3.36. The highest BCUT2D eigenvalue weighted by Gasteiger charge is 2.12. The molecule has 0 saturated heterocycles. The molecule has 0 aliphatic carbocycles. The number of hydrogen-bond donors (Lipinski definition) is 1. The van der Waals surface area contributed by atoms with Crippen LogP contribution in [0.2, 0.25) is 0 Å². The molecule has 2 atom stereocenters. The molecule has 1 rings (SSSR count). The van der Waals surface area contributed by atoms with Crippen molar-refractivity contribution in [1.82, 2.24) is 0 Å². The lowest BCUT2D eigenvalue weighted by atomic mass is 9.92. The quantitative estimate of drug-likeness (QED) is 0.771. The van der Waals surface area contributed by atoms with Crippen molar-refractivity contribution in [2.75, 3.05) is 0 Å². The molecule has 0 unspecified atom stereocenters. The molecule has 0 amide bonds. The van der Waals surface area contributed by atoms with E-state index in [0.29, 0.717) is 0 Å². The Morgan fingerprint density at radius 2 is 1.88 bits per heavy atom. The number of aliphatic hydroxyl groups excluding tert-OH is 1. The van der Waals surface area contributed by atoms with E-state index >= 15 is 0 Å². The maximum absolute atomic E-state index is 9.49. The van der Waals surface area contributed by atoms with Crippen LogP contribution in [0.5, 0.6) is 0 Å². The van der Waals surface area contributed by atoms with Gasteiger partial charge in [-0.05, 0) is 44.2 Å². The molecular weight excluding hydrogens is 198 g/mol. The van der Waals surface area contributed by atoms with Gasteiger partial charge in [-0.1, -0.05) is 24.6 Å². The van der Waals surface area contributed by atoms with Gasteiger partial charge in [0.05, 0.1) is 12.7 Å². The highest BCUT2D eigenvalue weighted by molar-refractivity contribution is 5.57. The van der Waals surface area contributed by atoms with E-state index in [1.165, 1.54) is 11.1 Å². The van der Waals surface area contributed by atoms with Crippen molar-refractivity contribution in [3.8, 4) is 0 Å². The Labute approximate surface area is 97.7 Å². The van der Waals surface area contributed by atoms with Crippen molar-refractivity contribution in [2.45, 2.75) is 40.2 Å². The Morgan fingerprint density at radius 1 is 1.25 bits per heavy atom. The highest BCUT2D eigenvalue weighted by Crippen LogP contribution is 2.26. The fourth-order valence-electron chi connectivity index (χ4n) is 1.72. The lowest BCUT2D eigenvalue weighted by Crippen LogP contribution is -2.16. The maximum Gasteiger partial charge on any atom is 0.190 e. The molecule has 0 aliphatic rings. The second kappa shape index (κ2) is 5.14. The molecule has 16 heavy (non-hydrogen) atoms. The van der Waals surface area contributed by atoms with E-state index < -0.39 is 0 Å². The molecule has 0 radical (unpaired) electrons. The first-order valence-electron chi connectivity index (χ1n) is 5.62. The third-order valence-electron chi connectivity index (χ3n) is 3.36. The predicted octanol–water partition coefficient (Wildman–Crippen LogP) is 3.41. The summed E-state index contributed by atoms with van der Waals surface area (Å²) in [6.07, 6.45) is 0.572. The molecular formula is C14H19NO. The zero-order chi connectivity index (χ0) is 12.3. The number of benzene rings is 1. The van der Waals surface area contributed by atoms with Crippen LogP contribution in [0.25, 0.3) is 4.85 Å². The Bertz CT molecular complexity index is 415. The Kier molecular flexibility index (Phi) is 4.09. The van der Waals surface area contributed by atoms with Gasteiger partial charge in [-0.25, -0.2) is 4.85 Å². The van der Waals surface area contributed by atoms with E-state index in [1.807, 2.05) is 39.8 Å². The van der Waals surface area contributed by atoms with Gasteiger partial charge in [-0.15, -0.1) is 0 Å². The smallest absolute Gasteiger partial charge is 0.190 e. The van der Waals surface area contributed by atoms with Gasteiger partial charge in [0.15, 0.2) is 5.69 Å². The first kappa shape index (κ1) is 12.7. The topological polar surface area (TPSA) is 24.6 Å². The van der Waals surface area contributed by atoms with Crippen molar-refractivity contribution in [2.24, 2.45) is 5.92 Å². The zero-order valence-electron chi connectivity index (χ0n) is 10.4. The van der Waals surface area contributed by atoms with Crippen molar-refractivity contribution >= 4 is 5.69 Å². The van der Waals surface area contributed by atoms with E-state index in [9.17, 15) is 5.11 Å². The molecule has 0 spiro atoms. The summed E-state index contributed by atoms with van der Waals surface area (Å²) in [4.78, 5) is 3.49. The van der Waals surface area contributed by atoms with Crippen molar-refractivity contribution < 1.29 is 5.11 Å². The highest BCUT2D eigenvalue weighted by atomic mass is 16.3. The van der Waals surface area contributed by atoms with Gasteiger partial charge < -0.3 is 5.11 Å². The van der Waals surface area contributed by atoms with Crippen LogP contribution in [0, 0.1) is 26.3 Å². The minimum atomic E-state index is -0.291. The minimum absolute atomic E-state index is 0.247. The summed E-state index contributed by atoms with van der Waals surface area (Å²) < 4.78 is 0. The van der Waals surface area contributed by atoms with Gasteiger partial charge in [-0.3, -0.25) is 0 Å².